The predicted octanol–water partition coefficient (Wildman–Crippen LogP) is 8.33. The van der Waals surface area contributed by atoms with Gasteiger partial charge in [0, 0.05) is 12.8 Å². The molecule has 0 saturated carbocycles. The van der Waals surface area contributed by atoms with E-state index >= 15 is 0 Å². The number of aliphatic hydroxyl groups excluding tert-OH is 2. The van der Waals surface area contributed by atoms with Crippen molar-refractivity contribution in [3.8, 4) is 0 Å². The number of hydrogen-bond donors (Lipinski definition) is 5. The molecule has 0 aromatic heterocycles. The lowest BCUT2D eigenvalue weighted by molar-refractivity contribution is -0.161. The van der Waals surface area contributed by atoms with Gasteiger partial charge in [0.1, 0.15) is 12.7 Å². The summed E-state index contributed by atoms with van der Waals surface area (Å²) in [5.74, 6) is -0.425. The van der Waals surface area contributed by atoms with Crippen molar-refractivity contribution in [2.24, 2.45) is 5.92 Å². The van der Waals surface area contributed by atoms with E-state index < -0.39 is 72.3 Å². The molecule has 0 amide bonds. The van der Waals surface area contributed by atoms with Crippen LogP contribution in [0.2, 0.25) is 0 Å². The molecular weight excluding hydrogens is 754 g/mol. The zero-order valence-corrected chi connectivity index (χ0v) is 35.1. The fourth-order valence-electron chi connectivity index (χ4n) is 4.93. The molecule has 0 aromatic rings. The molecule has 0 fully saturated rings. The molecule has 55 heavy (non-hydrogen) atoms. The quantitative estimate of drug-likeness (QED) is 0.0132. The zero-order valence-electron chi connectivity index (χ0n) is 33.3. The fraction of sp³-hybridized carbons (Fsp3) is 0.744. The van der Waals surface area contributed by atoms with Crippen LogP contribution in [0.3, 0.4) is 0 Å². The van der Waals surface area contributed by atoms with Crippen LogP contribution >= 0.6 is 15.6 Å². The Morgan fingerprint density at radius 3 is 1.89 bits per heavy atom. The summed E-state index contributed by atoms with van der Waals surface area (Å²) in [5.41, 5.74) is 0. The third-order valence-corrected chi connectivity index (χ3v) is 9.43. The van der Waals surface area contributed by atoms with Crippen LogP contribution in [0.15, 0.2) is 48.6 Å². The molecule has 16 heteroatoms. The van der Waals surface area contributed by atoms with E-state index in [1.165, 1.54) is 19.3 Å². The van der Waals surface area contributed by atoms with E-state index in [1.54, 1.807) is 6.08 Å². The second kappa shape index (κ2) is 34.1. The molecular formula is C39H70O14P2. The number of phosphoric ester groups is 2. The van der Waals surface area contributed by atoms with Crippen molar-refractivity contribution in [2.75, 3.05) is 26.4 Å². The molecule has 0 aromatic carbocycles. The lowest BCUT2D eigenvalue weighted by Crippen LogP contribution is -2.30. The highest BCUT2D eigenvalue weighted by atomic mass is 31.2. The van der Waals surface area contributed by atoms with Crippen LogP contribution in [-0.4, -0.2) is 81.6 Å². The van der Waals surface area contributed by atoms with Crippen LogP contribution in [0, 0.1) is 5.92 Å². The van der Waals surface area contributed by atoms with Gasteiger partial charge < -0.3 is 34.4 Å². The lowest BCUT2D eigenvalue weighted by atomic mass is 10.0. The third kappa shape index (κ3) is 38.7. The van der Waals surface area contributed by atoms with Crippen molar-refractivity contribution in [1.82, 2.24) is 0 Å². The standard InChI is InChI=1S/C39H70O14P2/c1-4-5-20-26-35(40)27-22-17-13-9-7-6-8-10-14-18-23-28-38(42)49-32-37(33-52-55(47,48)51-31-36(41)30-50-54(44,45)46)53-39(43)29-24-19-15-11-12-16-21-25-34(2)3/h6-7,10,13-14,17,22,27,34-37,40-41H,4-5,8-9,11-12,15-16,18-21,23-26,28-33H2,1-3H3,(H,47,48)(H2,44,45,46)/b7-6-,14-10-,17-13-,27-22+/t35-,36+,37-/m1/s1. The Labute approximate surface area is 329 Å². The van der Waals surface area contributed by atoms with Crippen molar-refractivity contribution in [2.45, 2.75) is 155 Å². The van der Waals surface area contributed by atoms with E-state index in [4.69, 9.17) is 23.8 Å². The first-order chi connectivity index (χ1) is 26.1. The van der Waals surface area contributed by atoms with Crippen LogP contribution in [-0.2, 0) is 41.8 Å². The largest absolute Gasteiger partial charge is 0.472 e. The van der Waals surface area contributed by atoms with Crippen LogP contribution in [0.1, 0.15) is 136 Å². The third-order valence-electron chi connectivity index (χ3n) is 7.99. The number of aliphatic hydroxyl groups is 2. The predicted molar refractivity (Wildman–Crippen MR) is 213 cm³/mol. The van der Waals surface area contributed by atoms with Crippen molar-refractivity contribution in [3.63, 3.8) is 0 Å². The van der Waals surface area contributed by atoms with Gasteiger partial charge in [-0.25, -0.2) is 9.13 Å². The summed E-state index contributed by atoms with van der Waals surface area (Å²) in [4.78, 5) is 52.4. The van der Waals surface area contributed by atoms with Gasteiger partial charge >= 0.3 is 27.6 Å². The van der Waals surface area contributed by atoms with Gasteiger partial charge in [0.2, 0.25) is 0 Å². The number of allylic oxidation sites excluding steroid dienone is 7. The zero-order chi connectivity index (χ0) is 41.2. The number of carbonyl (C=O) groups is 2. The van der Waals surface area contributed by atoms with Gasteiger partial charge in [0.25, 0.3) is 0 Å². The Bertz CT molecular complexity index is 1200. The summed E-state index contributed by atoms with van der Waals surface area (Å²) in [6.45, 7) is 3.76. The smallest absolute Gasteiger partial charge is 0.462 e. The first-order valence-corrected chi connectivity index (χ1v) is 22.8. The molecule has 0 radical (unpaired) electrons. The average molecular weight is 825 g/mol. The second-order valence-corrected chi connectivity index (χ2v) is 16.6. The highest BCUT2D eigenvalue weighted by Gasteiger charge is 2.28. The molecule has 320 valence electrons. The average Bonchev–Trinajstić information content (AvgIpc) is 3.12. The molecule has 0 rings (SSSR count). The van der Waals surface area contributed by atoms with E-state index in [1.807, 2.05) is 42.5 Å². The van der Waals surface area contributed by atoms with Gasteiger partial charge in [-0.15, -0.1) is 0 Å². The Balaban J connectivity index is 4.67. The highest BCUT2D eigenvalue weighted by Crippen LogP contribution is 2.43. The normalized spacial score (nSPS) is 15.4. The molecule has 0 aliphatic rings. The van der Waals surface area contributed by atoms with E-state index in [9.17, 15) is 33.8 Å². The van der Waals surface area contributed by atoms with E-state index in [2.05, 4.69) is 29.8 Å². The Kier molecular flexibility index (Phi) is 32.9. The van der Waals surface area contributed by atoms with E-state index in [0.717, 1.165) is 64.2 Å². The summed E-state index contributed by atoms with van der Waals surface area (Å²) in [5, 5.41) is 19.6. The van der Waals surface area contributed by atoms with Crippen LogP contribution < -0.4 is 0 Å². The Morgan fingerprint density at radius 1 is 0.636 bits per heavy atom. The molecule has 0 spiro atoms. The number of carbonyl (C=O) groups excluding carboxylic acids is 2. The van der Waals surface area contributed by atoms with Crippen molar-refractivity contribution >= 4 is 27.6 Å². The SMILES string of the molecule is CCCCC[C@@H](O)/C=C/C=C\C/C=C\C/C=C\CCCC(=O)OC[C@H](COP(=O)(O)OC[C@@H](O)COP(=O)(O)O)OC(=O)CCCCCCCCCC(C)C. The number of esters is 2. The number of hydrogen-bond acceptors (Lipinski definition) is 11. The first-order valence-electron chi connectivity index (χ1n) is 19.8. The lowest BCUT2D eigenvalue weighted by Gasteiger charge is -2.20. The summed E-state index contributed by atoms with van der Waals surface area (Å²) < 4.78 is 47.5. The summed E-state index contributed by atoms with van der Waals surface area (Å²) >= 11 is 0. The Hall–Kier alpha value is -1.96. The van der Waals surface area contributed by atoms with Gasteiger partial charge in [-0.1, -0.05) is 134 Å². The minimum atomic E-state index is -4.87. The van der Waals surface area contributed by atoms with Crippen molar-refractivity contribution in [3.05, 3.63) is 48.6 Å². The fourth-order valence-corrected chi connectivity index (χ4v) is 6.08. The molecule has 0 saturated heterocycles. The second-order valence-electron chi connectivity index (χ2n) is 13.9. The summed E-state index contributed by atoms with van der Waals surface area (Å²) in [6, 6.07) is 0. The van der Waals surface area contributed by atoms with Gasteiger partial charge in [-0.3, -0.25) is 23.2 Å². The van der Waals surface area contributed by atoms with Gasteiger partial charge in [0.15, 0.2) is 6.10 Å². The first kappa shape index (κ1) is 53.0. The van der Waals surface area contributed by atoms with Crippen LogP contribution in [0.4, 0.5) is 0 Å². The van der Waals surface area contributed by atoms with E-state index in [0.29, 0.717) is 25.2 Å². The molecule has 4 atom stereocenters. The minimum absolute atomic E-state index is 0.0982. The molecule has 5 N–H and O–H groups in total. The molecule has 14 nitrogen and oxygen atoms in total. The summed E-state index contributed by atoms with van der Waals surface area (Å²) in [7, 11) is -9.69. The van der Waals surface area contributed by atoms with Crippen molar-refractivity contribution < 1.29 is 66.7 Å². The number of ether oxygens (including phenoxy) is 2. The van der Waals surface area contributed by atoms with E-state index in [-0.39, 0.29) is 12.8 Å². The molecule has 0 aliphatic carbocycles. The molecule has 0 heterocycles. The number of rotatable bonds is 36. The van der Waals surface area contributed by atoms with Gasteiger partial charge in [-0.05, 0) is 44.4 Å². The van der Waals surface area contributed by atoms with Crippen molar-refractivity contribution in [1.29, 1.82) is 0 Å². The maximum Gasteiger partial charge on any atom is 0.472 e. The highest BCUT2D eigenvalue weighted by molar-refractivity contribution is 7.47. The Morgan fingerprint density at radius 2 is 1.22 bits per heavy atom. The molecule has 1 unspecified atom stereocenters. The van der Waals surface area contributed by atoms with Crippen LogP contribution in [0.5, 0.6) is 0 Å². The van der Waals surface area contributed by atoms with Gasteiger partial charge in [0.05, 0.1) is 25.9 Å². The topological polar surface area (TPSA) is 216 Å². The minimum Gasteiger partial charge on any atom is -0.462 e. The number of phosphoric acid groups is 2. The van der Waals surface area contributed by atoms with Gasteiger partial charge in [-0.2, -0.15) is 0 Å². The van der Waals surface area contributed by atoms with Crippen LogP contribution in [0.25, 0.3) is 0 Å². The summed E-state index contributed by atoms with van der Waals surface area (Å²) in [6.07, 6.45) is 27.6. The monoisotopic (exact) mass is 824 g/mol. The maximum absolute atomic E-state index is 12.6. The molecule has 0 bridgehead atoms. The number of unbranched alkanes of at least 4 members (excludes halogenated alkanes) is 9. The molecule has 0 aliphatic heterocycles. The maximum atomic E-state index is 12.6.